The summed E-state index contributed by atoms with van der Waals surface area (Å²) in [5, 5.41) is 14.6. The highest BCUT2D eigenvalue weighted by atomic mass is 32.1. The van der Waals surface area contributed by atoms with E-state index in [0.717, 1.165) is 22.3 Å². The lowest BCUT2D eigenvalue weighted by Crippen LogP contribution is -2.39. The highest BCUT2D eigenvalue weighted by molar-refractivity contribution is 7.23. The smallest absolute Gasteiger partial charge is 0.240 e. The lowest BCUT2D eigenvalue weighted by atomic mass is 9.85. The van der Waals surface area contributed by atoms with Crippen LogP contribution in [0.1, 0.15) is 32.1 Å². The van der Waals surface area contributed by atoms with Crippen LogP contribution in [0.3, 0.4) is 0 Å². The zero-order chi connectivity index (χ0) is 15.6. The Hall–Kier alpha value is -1.31. The van der Waals surface area contributed by atoms with E-state index in [1.54, 1.807) is 11.3 Å². The average molecular weight is 348 g/mol. The van der Waals surface area contributed by atoms with Crippen LogP contribution in [-0.2, 0) is 4.79 Å². The summed E-state index contributed by atoms with van der Waals surface area (Å²) in [6.07, 6.45) is 6.50. The van der Waals surface area contributed by atoms with Gasteiger partial charge in [-0.3, -0.25) is 15.0 Å². The second-order valence-electron chi connectivity index (χ2n) is 6.31. The number of thiophene rings is 1. The Kier molecular flexibility index (Phi) is 4.41. The molecule has 2 unspecified atom stereocenters. The highest BCUT2D eigenvalue weighted by Crippen LogP contribution is 2.36. The average Bonchev–Trinajstić information content (AvgIpc) is 3.27. The van der Waals surface area contributed by atoms with Gasteiger partial charge in [0.05, 0.1) is 11.4 Å². The summed E-state index contributed by atoms with van der Waals surface area (Å²) in [6, 6.07) is 4.63. The van der Waals surface area contributed by atoms with Gasteiger partial charge in [-0.15, -0.1) is 21.5 Å². The van der Waals surface area contributed by atoms with Crippen LogP contribution in [0.25, 0.3) is 9.88 Å². The van der Waals surface area contributed by atoms with Gasteiger partial charge in [-0.1, -0.05) is 30.2 Å². The number of anilines is 1. The maximum absolute atomic E-state index is 12.3. The number of amides is 1. The molecule has 2 atom stereocenters. The molecule has 2 aromatic heterocycles. The summed E-state index contributed by atoms with van der Waals surface area (Å²) in [7, 11) is 0. The van der Waals surface area contributed by atoms with Crippen molar-refractivity contribution in [2.24, 2.45) is 5.92 Å². The third kappa shape index (κ3) is 3.32. The third-order valence-corrected chi connectivity index (χ3v) is 6.75. The number of hydrogen-bond acceptors (Lipinski definition) is 6. The molecular formula is C16H20N4OS2. The summed E-state index contributed by atoms with van der Waals surface area (Å²) in [5.74, 6) is 0.841. The largest absolute Gasteiger partial charge is 0.299 e. The van der Waals surface area contributed by atoms with Crippen molar-refractivity contribution in [3.8, 4) is 9.88 Å². The molecule has 1 aliphatic heterocycles. The zero-order valence-corrected chi connectivity index (χ0v) is 14.5. The Morgan fingerprint density at radius 3 is 3.09 bits per heavy atom. The molecule has 23 heavy (non-hydrogen) atoms. The number of hydrogen-bond donors (Lipinski definition) is 1. The first kappa shape index (κ1) is 15.2. The van der Waals surface area contributed by atoms with E-state index < -0.39 is 0 Å². The number of fused-ring (bicyclic) bond motifs is 1. The summed E-state index contributed by atoms with van der Waals surface area (Å²) in [5.41, 5.74) is 0. The van der Waals surface area contributed by atoms with Crippen molar-refractivity contribution in [3.05, 3.63) is 17.5 Å². The molecule has 1 saturated heterocycles. The predicted octanol–water partition coefficient (Wildman–Crippen LogP) is 3.47. The first-order valence-corrected chi connectivity index (χ1v) is 9.90. The van der Waals surface area contributed by atoms with Crippen molar-refractivity contribution in [2.45, 2.75) is 38.1 Å². The van der Waals surface area contributed by atoms with E-state index >= 15 is 0 Å². The van der Waals surface area contributed by atoms with E-state index in [0.29, 0.717) is 17.7 Å². The molecule has 2 aliphatic rings. The fourth-order valence-corrected chi connectivity index (χ4v) is 5.37. The first-order chi connectivity index (χ1) is 11.3. The van der Waals surface area contributed by atoms with Gasteiger partial charge in [0, 0.05) is 6.04 Å². The molecule has 4 rings (SSSR count). The fraction of sp³-hybridized carbons (Fsp3) is 0.562. The molecule has 0 aromatic carbocycles. The second-order valence-corrected chi connectivity index (χ2v) is 8.23. The van der Waals surface area contributed by atoms with Gasteiger partial charge in [0.15, 0.2) is 5.01 Å². The Labute approximate surface area is 143 Å². The molecule has 0 spiro atoms. The van der Waals surface area contributed by atoms with Crippen molar-refractivity contribution < 1.29 is 4.79 Å². The maximum atomic E-state index is 12.3. The minimum absolute atomic E-state index is 0.0325. The Morgan fingerprint density at radius 1 is 1.30 bits per heavy atom. The monoisotopic (exact) mass is 348 g/mol. The minimum Gasteiger partial charge on any atom is -0.299 e. The van der Waals surface area contributed by atoms with Crippen LogP contribution in [0.15, 0.2) is 17.5 Å². The van der Waals surface area contributed by atoms with Gasteiger partial charge >= 0.3 is 0 Å². The molecular weight excluding hydrogens is 328 g/mol. The van der Waals surface area contributed by atoms with Gasteiger partial charge in [-0.05, 0) is 43.2 Å². The van der Waals surface area contributed by atoms with Crippen molar-refractivity contribution in [1.29, 1.82) is 0 Å². The van der Waals surface area contributed by atoms with Crippen LogP contribution < -0.4 is 5.32 Å². The van der Waals surface area contributed by atoms with Crippen molar-refractivity contribution >= 4 is 33.7 Å². The number of nitrogens with one attached hydrogen (secondary N) is 1. The van der Waals surface area contributed by atoms with Crippen LogP contribution >= 0.6 is 22.7 Å². The molecule has 1 N–H and O–H groups in total. The molecule has 2 aromatic rings. The number of carbonyl (C=O) groups excluding carboxylic acids is 1. The summed E-state index contributed by atoms with van der Waals surface area (Å²) in [4.78, 5) is 15.8. The molecule has 122 valence electrons. The lowest BCUT2D eigenvalue weighted by molar-refractivity contribution is -0.117. The number of nitrogens with zero attached hydrogens (tertiary/aromatic N) is 3. The highest BCUT2D eigenvalue weighted by Gasteiger charge is 2.36. The summed E-state index contributed by atoms with van der Waals surface area (Å²) >= 11 is 3.07. The number of likely N-dealkylation sites (tertiary alicyclic amines) is 1. The molecule has 0 bridgehead atoms. The molecule has 2 fully saturated rings. The SMILES string of the molecule is O=C(CN1CCC2CCCCC21)Nc1nnc(-c2cccs2)s1. The van der Waals surface area contributed by atoms with Crippen LogP contribution in [-0.4, -0.2) is 40.1 Å². The maximum Gasteiger partial charge on any atom is 0.240 e. The third-order valence-electron chi connectivity index (χ3n) is 4.88. The first-order valence-electron chi connectivity index (χ1n) is 8.21. The van der Waals surface area contributed by atoms with Crippen molar-refractivity contribution in [2.75, 3.05) is 18.4 Å². The van der Waals surface area contributed by atoms with Crippen LogP contribution in [0, 0.1) is 5.92 Å². The standard InChI is InChI=1S/C16H20N4OS2/c21-14(10-20-8-7-11-4-1-2-5-12(11)20)17-16-19-18-15(23-16)13-6-3-9-22-13/h3,6,9,11-12H,1-2,4-5,7-8,10H2,(H,17,19,21). The zero-order valence-electron chi connectivity index (χ0n) is 12.9. The number of rotatable bonds is 4. The van der Waals surface area contributed by atoms with Gasteiger partial charge < -0.3 is 0 Å². The molecule has 7 heteroatoms. The normalized spacial score (nSPS) is 24.5. The van der Waals surface area contributed by atoms with E-state index in [2.05, 4.69) is 20.4 Å². The molecule has 0 radical (unpaired) electrons. The predicted molar refractivity (Wildman–Crippen MR) is 93.8 cm³/mol. The molecule has 3 heterocycles. The summed E-state index contributed by atoms with van der Waals surface area (Å²) in [6.45, 7) is 1.54. The lowest BCUT2D eigenvalue weighted by Gasteiger charge is -2.31. The summed E-state index contributed by atoms with van der Waals surface area (Å²) < 4.78 is 0. The van der Waals surface area contributed by atoms with E-state index in [9.17, 15) is 4.79 Å². The second kappa shape index (κ2) is 6.67. The quantitative estimate of drug-likeness (QED) is 0.919. The van der Waals surface area contributed by atoms with Crippen molar-refractivity contribution in [1.82, 2.24) is 15.1 Å². The number of aromatic nitrogens is 2. The van der Waals surface area contributed by atoms with Gasteiger partial charge in [-0.25, -0.2) is 0 Å². The topological polar surface area (TPSA) is 58.1 Å². The Bertz CT molecular complexity index is 669. The van der Waals surface area contributed by atoms with Gasteiger partial charge in [-0.2, -0.15) is 0 Å². The van der Waals surface area contributed by atoms with E-state index in [-0.39, 0.29) is 5.91 Å². The molecule has 1 aliphatic carbocycles. The Morgan fingerprint density at radius 2 is 2.22 bits per heavy atom. The van der Waals surface area contributed by atoms with Crippen molar-refractivity contribution in [3.63, 3.8) is 0 Å². The van der Waals surface area contributed by atoms with Crippen LogP contribution in [0.2, 0.25) is 0 Å². The van der Waals surface area contributed by atoms with E-state index in [4.69, 9.17) is 0 Å². The molecule has 1 saturated carbocycles. The van der Waals surface area contributed by atoms with E-state index in [1.807, 2.05) is 17.5 Å². The van der Waals surface area contributed by atoms with Gasteiger partial charge in [0.25, 0.3) is 0 Å². The number of carbonyl (C=O) groups is 1. The van der Waals surface area contributed by atoms with E-state index in [1.165, 1.54) is 43.4 Å². The van der Waals surface area contributed by atoms with Crippen LogP contribution in [0.4, 0.5) is 5.13 Å². The van der Waals surface area contributed by atoms with Crippen LogP contribution in [0.5, 0.6) is 0 Å². The Balaban J connectivity index is 1.35. The minimum atomic E-state index is 0.0325. The molecule has 1 amide bonds. The molecule has 5 nitrogen and oxygen atoms in total. The van der Waals surface area contributed by atoms with Gasteiger partial charge in [0.2, 0.25) is 11.0 Å². The van der Waals surface area contributed by atoms with Gasteiger partial charge in [0.1, 0.15) is 0 Å². The fourth-order valence-electron chi connectivity index (χ4n) is 3.82.